The molecular weight excluding hydrogens is 238 g/mol. The Bertz CT molecular complexity index is 380. The van der Waals surface area contributed by atoms with Crippen LogP contribution in [-0.4, -0.2) is 16.7 Å². The van der Waals surface area contributed by atoms with Crippen molar-refractivity contribution in [2.75, 3.05) is 6.54 Å². The Hall–Kier alpha value is -0.900. The van der Waals surface area contributed by atoms with E-state index in [0.717, 1.165) is 30.1 Å². The van der Waals surface area contributed by atoms with Gasteiger partial charge in [0, 0.05) is 5.92 Å². The molecule has 0 saturated heterocycles. The van der Waals surface area contributed by atoms with Crippen molar-refractivity contribution in [1.29, 1.82) is 0 Å². The molecule has 1 aliphatic rings. The van der Waals surface area contributed by atoms with Crippen molar-refractivity contribution in [2.45, 2.75) is 65.3 Å². The van der Waals surface area contributed by atoms with Crippen molar-refractivity contribution < 1.29 is 4.52 Å². The summed E-state index contributed by atoms with van der Waals surface area (Å²) < 4.78 is 5.38. The minimum atomic E-state index is 0.151. The fraction of sp³-hybridized carbons (Fsp3) is 0.867. The van der Waals surface area contributed by atoms with E-state index in [-0.39, 0.29) is 6.04 Å². The molecule has 0 aliphatic heterocycles. The zero-order valence-corrected chi connectivity index (χ0v) is 12.6. The number of rotatable bonds is 5. The predicted molar refractivity (Wildman–Crippen MR) is 75.9 cm³/mol. The van der Waals surface area contributed by atoms with Gasteiger partial charge >= 0.3 is 0 Å². The minimum absolute atomic E-state index is 0.151. The van der Waals surface area contributed by atoms with Gasteiger partial charge in [0.25, 0.3) is 0 Å². The van der Waals surface area contributed by atoms with Gasteiger partial charge in [0.1, 0.15) is 0 Å². The number of hydrogen-bond donors (Lipinski definition) is 1. The van der Waals surface area contributed by atoms with Gasteiger partial charge in [-0.1, -0.05) is 25.9 Å². The van der Waals surface area contributed by atoms with Crippen LogP contribution >= 0.6 is 0 Å². The molecular formula is C15H27N3O. The van der Waals surface area contributed by atoms with Crippen LogP contribution in [0.15, 0.2) is 4.52 Å². The average molecular weight is 265 g/mol. The lowest BCUT2D eigenvalue weighted by Crippen LogP contribution is -2.19. The Kier molecular flexibility index (Phi) is 4.97. The second-order valence-corrected chi connectivity index (χ2v) is 6.13. The summed E-state index contributed by atoms with van der Waals surface area (Å²) in [6.07, 6.45) is 5.01. The van der Waals surface area contributed by atoms with E-state index in [9.17, 15) is 0 Å². The van der Waals surface area contributed by atoms with Gasteiger partial charge in [-0.2, -0.15) is 4.98 Å². The molecule has 4 heteroatoms. The van der Waals surface area contributed by atoms with Crippen LogP contribution in [0.1, 0.15) is 77.1 Å². The van der Waals surface area contributed by atoms with E-state index in [1.807, 2.05) is 0 Å². The third-order valence-corrected chi connectivity index (χ3v) is 4.42. The second kappa shape index (κ2) is 6.51. The summed E-state index contributed by atoms with van der Waals surface area (Å²) in [4.78, 5) is 4.58. The van der Waals surface area contributed by atoms with E-state index in [1.54, 1.807) is 0 Å². The first-order valence-corrected chi connectivity index (χ1v) is 7.68. The number of hydrogen-bond acceptors (Lipinski definition) is 4. The molecule has 1 saturated carbocycles. The van der Waals surface area contributed by atoms with E-state index >= 15 is 0 Å². The van der Waals surface area contributed by atoms with Crippen LogP contribution in [0.4, 0.5) is 0 Å². The monoisotopic (exact) mass is 265 g/mol. The Morgan fingerprint density at radius 1 is 1.21 bits per heavy atom. The van der Waals surface area contributed by atoms with Gasteiger partial charge in [0.15, 0.2) is 5.82 Å². The maximum Gasteiger partial charge on any atom is 0.243 e. The molecule has 0 spiro atoms. The maximum atomic E-state index is 5.38. The Morgan fingerprint density at radius 2 is 1.89 bits per heavy atom. The minimum Gasteiger partial charge on any atom is -0.338 e. The summed E-state index contributed by atoms with van der Waals surface area (Å²) in [7, 11) is 0. The van der Waals surface area contributed by atoms with Crippen molar-refractivity contribution in [2.24, 2.45) is 11.8 Å². The van der Waals surface area contributed by atoms with Crippen LogP contribution in [-0.2, 0) is 0 Å². The van der Waals surface area contributed by atoms with Gasteiger partial charge in [0.2, 0.25) is 5.89 Å². The SMILES string of the molecule is CCNC(C)c1nc(C2CCC(C(C)C)CC2)no1. The third kappa shape index (κ3) is 3.56. The number of nitrogens with zero attached hydrogens (tertiary/aromatic N) is 2. The van der Waals surface area contributed by atoms with Gasteiger partial charge in [-0.15, -0.1) is 0 Å². The van der Waals surface area contributed by atoms with Crippen LogP contribution < -0.4 is 5.32 Å². The van der Waals surface area contributed by atoms with Gasteiger partial charge in [-0.25, -0.2) is 0 Å². The summed E-state index contributed by atoms with van der Waals surface area (Å²) in [5.74, 6) is 3.82. The van der Waals surface area contributed by atoms with Crippen molar-refractivity contribution >= 4 is 0 Å². The topological polar surface area (TPSA) is 51.0 Å². The van der Waals surface area contributed by atoms with Gasteiger partial charge in [-0.3, -0.25) is 0 Å². The molecule has 1 aliphatic carbocycles. The molecule has 1 aromatic rings. The highest BCUT2D eigenvalue weighted by molar-refractivity contribution is 4.99. The Morgan fingerprint density at radius 3 is 2.47 bits per heavy atom. The number of nitrogens with one attached hydrogen (secondary N) is 1. The fourth-order valence-corrected chi connectivity index (χ4v) is 3.03. The molecule has 108 valence electrons. The van der Waals surface area contributed by atoms with Gasteiger partial charge in [0.05, 0.1) is 6.04 Å². The molecule has 1 aromatic heterocycles. The molecule has 0 radical (unpaired) electrons. The van der Waals surface area contributed by atoms with E-state index in [4.69, 9.17) is 4.52 Å². The predicted octanol–water partition coefficient (Wildman–Crippen LogP) is 3.67. The quantitative estimate of drug-likeness (QED) is 0.882. The zero-order chi connectivity index (χ0) is 13.8. The van der Waals surface area contributed by atoms with Crippen molar-refractivity contribution in [1.82, 2.24) is 15.5 Å². The van der Waals surface area contributed by atoms with Crippen LogP contribution in [0.5, 0.6) is 0 Å². The maximum absolute atomic E-state index is 5.38. The second-order valence-electron chi connectivity index (χ2n) is 6.13. The Labute approximate surface area is 116 Å². The van der Waals surface area contributed by atoms with E-state index in [2.05, 4.69) is 43.2 Å². The molecule has 2 rings (SSSR count). The summed E-state index contributed by atoms with van der Waals surface area (Å²) in [6.45, 7) is 9.72. The summed E-state index contributed by atoms with van der Waals surface area (Å²) in [5, 5.41) is 7.49. The van der Waals surface area contributed by atoms with Gasteiger partial charge < -0.3 is 9.84 Å². The first kappa shape index (κ1) is 14.5. The Balaban J connectivity index is 1.93. The van der Waals surface area contributed by atoms with E-state index < -0.39 is 0 Å². The molecule has 0 amide bonds. The molecule has 1 atom stereocenters. The van der Waals surface area contributed by atoms with E-state index in [1.165, 1.54) is 25.7 Å². The summed E-state index contributed by atoms with van der Waals surface area (Å²) >= 11 is 0. The van der Waals surface area contributed by atoms with E-state index in [0.29, 0.717) is 5.92 Å². The molecule has 0 bridgehead atoms. The molecule has 0 aromatic carbocycles. The molecule has 1 N–H and O–H groups in total. The zero-order valence-electron chi connectivity index (χ0n) is 12.6. The molecule has 1 fully saturated rings. The van der Waals surface area contributed by atoms with Crippen molar-refractivity contribution in [3.63, 3.8) is 0 Å². The van der Waals surface area contributed by atoms with Crippen LogP contribution in [0.3, 0.4) is 0 Å². The molecule has 1 heterocycles. The van der Waals surface area contributed by atoms with Crippen LogP contribution in [0.2, 0.25) is 0 Å². The van der Waals surface area contributed by atoms with Crippen LogP contribution in [0.25, 0.3) is 0 Å². The lowest BCUT2D eigenvalue weighted by atomic mass is 9.77. The summed E-state index contributed by atoms with van der Waals surface area (Å²) in [5.41, 5.74) is 0. The molecule has 1 unspecified atom stereocenters. The molecule has 19 heavy (non-hydrogen) atoms. The highest BCUT2D eigenvalue weighted by Gasteiger charge is 2.27. The van der Waals surface area contributed by atoms with Crippen molar-refractivity contribution in [3.8, 4) is 0 Å². The summed E-state index contributed by atoms with van der Waals surface area (Å²) in [6, 6.07) is 0.151. The standard InChI is InChI=1S/C15H27N3O/c1-5-16-11(4)15-17-14(18-19-15)13-8-6-12(7-9-13)10(2)3/h10-13,16H,5-9H2,1-4H3. The van der Waals surface area contributed by atoms with Crippen molar-refractivity contribution in [3.05, 3.63) is 11.7 Å². The molecule has 4 nitrogen and oxygen atoms in total. The first-order valence-electron chi connectivity index (χ1n) is 7.68. The van der Waals surface area contributed by atoms with Crippen LogP contribution in [0, 0.1) is 11.8 Å². The first-order chi connectivity index (χ1) is 9.11. The van der Waals surface area contributed by atoms with Gasteiger partial charge in [-0.05, 0) is 51.0 Å². The fourth-order valence-electron chi connectivity index (χ4n) is 3.03. The highest BCUT2D eigenvalue weighted by Crippen LogP contribution is 2.37. The lowest BCUT2D eigenvalue weighted by molar-refractivity contribution is 0.251. The number of aromatic nitrogens is 2. The largest absolute Gasteiger partial charge is 0.338 e. The normalized spacial score (nSPS) is 25.7. The highest BCUT2D eigenvalue weighted by atomic mass is 16.5. The average Bonchev–Trinajstić information content (AvgIpc) is 2.89. The smallest absolute Gasteiger partial charge is 0.243 e. The third-order valence-electron chi connectivity index (χ3n) is 4.42. The lowest BCUT2D eigenvalue weighted by Gasteiger charge is -2.29.